The minimum absolute atomic E-state index is 0.377. The summed E-state index contributed by atoms with van der Waals surface area (Å²) in [4.78, 5) is 3.89. The minimum atomic E-state index is -3.34. The molecule has 118 valence electrons. The average Bonchev–Trinajstić information content (AvgIpc) is 2.96. The van der Waals surface area contributed by atoms with E-state index < -0.39 is 10.0 Å². The maximum Gasteiger partial charge on any atom is 0.243 e. The van der Waals surface area contributed by atoms with Crippen molar-refractivity contribution in [2.75, 3.05) is 27.2 Å². The molecule has 3 rings (SSSR count). The molecule has 5 nitrogen and oxygen atoms in total. The van der Waals surface area contributed by atoms with E-state index in [0.29, 0.717) is 36.6 Å². The zero-order chi connectivity index (χ0) is 15.0. The summed E-state index contributed by atoms with van der Waals surface area (Å²) in [5, 5.41) is 4.83. The van der Waals surface area contributed by atoms with Crippen molar-refractivity contribution in [3.63, 3.8) is 0 Å². The van der Waals surface area contributed by atoms with Gasteiger partial charge in [-0.05, 0) is 39.4 Å². The maximum absolute atomic E-state index is 12.8. The van der Waals surface area contributed by atoms with Crippen LogP contribution >= 0.6 is 11.3 Å². The zero-order valence-corrected chi connectivity index (χ0v) is 14.2. The molecule has 1 aromatic rings. The van der Waals surface area contributed by atoms with Crippen LogP contribution in [0.2, 0.25) is 0 Å². The number of fused-ring (bicyclic) bond motifs is 2. The summed E-state index contributed by atoms with van der Waals surface area (Å²) >= 11 is 1.51. The quantitative estimate of drug-likeness (QED) is 0.905. The van der Waals surface area contributed by atoms with Gasteiger partial charge in [0.2, 0.25) is 10.0 Å². The van der Waals surface area contributed by atoms with E-state index in [0.717, 1.165) is 17.7 Å². The lowest BCUT2D eigenvalue weighted by Gasteiger charge is -2.24. The first-order valence-electron chi connectivity index (χ1n) is 7.46. The Balaban J connectivity index is 1.81. The van der Waals surface area contributed by atoms with E-state index in [1.165, 1.54) is 17.8 Å². The molecule has 0 saturated carbocycles. The molecule has 2 saturated heterocycles. The fourth-order valence-corrected chi connectivity index (χ4v) is 6.17. The lowest BCUT2D eigenvalue weighted by atomic mass is 10.1. The molecule has 2 bridgehead atoms. The zero-order valence-electron chi connectivity index (χ0n) is 12.6. The molecule has 7 heteroatoms. The fourth-order valence-electron chi connectivity index (χ4n) is 3.41. The second-order valence-corrected chi connectivity index (χ2v) is 8.91. The topological polar surface area (TPSA) is 52.7 Å². The third kappa shape index (κ3) is 2.90. The Bertz CT molecular complexity index is 599. The second-order valence-electron chi connectivity index (χ2n) is 5.98. The SMILES string of the molecule is CNCc1cc(S(=O)(=O)N2CCC3CCC(C2)N3C)cs1. The molecular weight excluding hydrogens is 306 g/mol. The van der Waals surface area contributed by atoms with Gasteiger partial charge in [0.1, 0.15) is 0 Å². The summed E-state index contributed by atoms with van der Waals surface area (Å²) in [6, 6.07) is 2.74. The normalized spacial score (nSPS) is 27.9. The third-order valence-corrected chi connectivity index (χ3v) is 7.66. The van der Waals surface area contributed by atoms with E-state index in [-0.39, 0.29) is 0 Å². The van der Waals surface area contributed by atoms with Gasteiger partial charge in [-0.2, -0.15) is 4.31 Å². The monoisotopic (exact) mass is 329 g/mol. The van der Waals surface area contributed by atoms with Crippen molar-refractivity contribution in [1.82, 2.24) is 14.5 Å². The molecule has 2 atom stereocenters. The Labute approximate surface area is 131 Å². The summed E-state index contributed by atoms with van der Waals surface area (Å²) in [6.45, 7) is 1.99. The predicted octanol–water partition coefficient (Wildman–Crippen LogP) is 1.32. The first-order chi connectivity index (χ1) is 10.0. The smallest absolute Gasteiger partial charge is 0.243 e. The van der Waals surface area contributed by atoms with E-state index in [1.807, 2.05) is 13.1 Å². The Morgan fingerprint density at radius 2 is 2.10 bits per heavy atom. The van der Waals surface area contributed by atoms with Crippen molar-refractivity contribution in [1.29, 1.82) is 0 Å². The lowest BCUT2D eigenvalue weighted by Crippen LogP contribution is -2.39. The van der Waals surface area contributed by atoms with E-state index in [1.54, 1.807) is 9.69 Å². The molecule has 21 heavy (non-hydrogen) atoms. The predicted molar refractivity (Wildman–Crippen MR) is 85.0 cm³/mol. The fraction of sp³-hybridized carbons (Fsp3) is 0.714. The highest BCUT2D eigenvalue weighted by Crippen LogP contribution is 2.31. The van der Waals surface area contributed by atoms with Gasteiger partial charge in [-0.15, -0.1) is 11.3 Å². The number of sulfonamides is 1. The molecule has 2 fully saturated rings. The van der Waals surface area contributed by atoms with Crippen LogP contribution in [-0.2, 0) is 16.6 Å². The van der Waals surface area contributed by atoms with Crippen molar-refractivity contribution in [2.45, 2.75) is 42.8 Å². The molecule has 2 unspecified atom stereocenters. The average molecular weight is 329 g/mol. The van der Waals surface area contributed by atoms with Crippen LogP contribution in [0.5, 0.6) is 0 Å². The molecule has 0 aromatic carbocycles. The van der Waals surface area contributed by atoms with Gasteiger partial charge in [-0.1, -0.05) is 0 Å². The van der Waals surface area contributed by atoms with Crippen LogP contribution < -0.4 is 5.32 Å². The summed E-state index contributed by atoms with van der Waals surface area (Å²) < 4.78 is 27.4. The third-order valence-electron chi connectivity index (χ3n) is 4.73. The van der Waals surface area contributed by atoms with Crippen LogP contribution in [0.4, 0.5) is 0 Å². The largest absolute Gasteiger partial charge is 0.315 e. The van der Waals surface area contributed by atoms with Gasteiger partial charge in [-0.3, -0.25) is 4.90 Å². The molecular formula is C14H23N3O2S2. The molecule has 0 amide bonds. The standard InChI is InChI=1S/C14H23N3O2S2/c1-15-8-13-7-14(10-20-13)21(18,19)17-6-5-11-3-4-12(9-17)16(11)2/h7,10-12,15H,3-6,8-9H2,1-2H3. The van der Waals surface area contributed by atoms with Crippen LogP contribution in [0.3, 0.4) is 0 Å². The van der Waals surface area contributed by atoms with Crippen LogP contribution in [0.15, 0.2) is 16.3 Å². The van der Waals surface area contributed by atoms with Crippen LogP contribution in [0, 0.1) is 0 Å². The second kappa shape index (κ2) is 5.96. The van der Waals surface area contributed by atoms with Gasteiger partial charge in [0.15, 0.2) is 0 Å². The molecule has 3 heterocycles. The van der Waals surface area contributed by atoms with Crippen molar-refractivity contribution in [3.8, 4) is 0 Å². The Morgan fingerprint density at radius 3 is 2.86 bits per heavy atom. The number of thiophene rings is 1. The number of hydrogen-bond acceptors (Lipinski definition) is 5. The summed E-state index contributed by atoms with van der Waals surface area (Å²) in [5.41, 5.74) is 0. The van der Waals surface area contributed by atoms with Gasteiger partial charge in [-0.25, -0.2) is 8.42 Å². The highest BCUT2D eigenvalue weighted by Gasteiger charge is 2.38. The summed E-state index contributed by atoms with van der Waals surface area (Å²) in [6.07, 6.45) is 3.27. The molecule has 0 radical (unpaired) electrons. The lowest BCUT2D eigenvalue weighted by molar-refractivity contribution is 0.246. The van der Waals surface area contributed by atoms with Crippen LogP contribution in [0.25, 0.3) is 0 Å². The molecule has 1 N–H and O–H groups in total. The van der Waals surface area contributed by atoms with Crippen LogP contribution in [0.1, 0.15) is 24.1 Å². The van der Waals surface area contributed by atoms with Gasteiger partial charge in [0.25, 0.3) is 0 Å². The minimum Gasteiger partial charge on any atom is -0.315 e. The molecule has 2 aliphatic heterocycles. The van der Waals surface area contributed by atoms with E-state index in [2.05, 4.69) is 17.3 Å². The molecule has 1 aromatic heterocycles. The van der Waals surface area contributed by atoms with Crippen LogP contribution in [-0.4, -0.2) is 56.9 Å². The summed E-state index contributed by atoms with van der Waals surface area (Å²) in [5.74, 6) is 0. The van der Waals surface area contributed by atoms with Gasteiger partial charge >= 0.3 is 0 Å². The number of hydrogen-bond donors (Lipinski definition) is 1. The highest BCUT2D eigenvalue weighted by molar-refractivity contribution is 7.89. The van der Waals surface area contributed by atoms with Crippen molar-refractivity contribution in [3.05, 3.63) is 16.3 Å². The molecule has 0 aliphatic carbocycles. The Morgan fingerprint density at radius 1 is 1.33 bits per heavy atom. The first kappa shape index (κ1) is 15.4. The Hall–Kier alpha value is -0.470. The van der Waals surface area contributed by atoms with E-state index in [9.17, 15) is 8.42 Å². The first-order valence-corrected chi connectivity index (χ1v) is 9.78. The molecule has 2 aliphatic rings. The van der Waals surface area contributed by atoms with Crippen molar-refractivity contribution < 1.29 is 8.42 Å². The van der Waals surface area contributed by atoms with Gasteiger partial charge in [0.05, 0.1) is 4.90 Å². The summed E-state index contributed by atoms with van der Waals surface area (Å²) in [7, 11) is 0.664. The molecule has 0 spiro atoms. The van der Waals surface area contributed by atoms with Crippen molar-refractivity contribution >= 4 is 21.4 Å². The number of rotatable bonds is 4. The van der Waals surface area contributed by atoms with E-state index >= 15 is 0 Å². The Kier molecular flexibility index (Phi) is 4.38. The van der Waals surface area contributed by atoms with Crippen molar-refractivity contribution in [2.24, 2.45) is 0 Å². The highest BCUT2D eigenvalue weighted by atomic mass is 32.2. The number of nitrogens with zero attached hydrogens (tertiary/aromatic N) is 2. The number of nitrogens with one attached hydrogen (secondary N) is 1. The maximum atomic E-state index is 12.8. The number of likely N-dealkylation sites (N-methyl/N-ethyl adjacent to an activating group) is 1. The van der Waals surface area contributed by atoms with E-state index in [4.69, 9.17) is 0 Å². The van der Waals surface area contributed by atoms with Gasteiger partial charge < -0.3 is 5.32 Å². The van der Waals surface area contributed by atoms with Gasteiger partial charge in [0, 0.05) is 42.0 Å².